The van der Waals surface area contributed by atoms with Gasteiger partial charge in [0.1, 0.15) is 5.82 Å². The van der Waals surface area contributed by atoms with E-state index in [1.54, 1.807) is 0 Å². The lowest BCUT2D eigenvalue weighted by atomic mass is 10.0. The number of aromatic amines is 1. The van der Waals surface area contributed by atoms with Crippen molar-refractivity contribution in [3.8, 4) is 33.9 Å². The van der Waals surface area contributed by atoms with E-state index >= 15 is 0 Å². The molecule has 3 aromatic carbocycles. The Morgan fingerprint density at radius 2 is 1.59 bits per heavy atom. The molecule has 1 fully saturated rings. The van der Waals surface area contributed by atoms with Gasteiger partial charge < -0.3 is 24.7 Å². The first kappa shape index (κ1) is 24.8. The first-order valence-electron chi connectivity index (χ1n) is 12.9. The summed E-state index contributed by atoms with van der Waals surface area (Å²) in [5.74, 6) is 0.852. The van der Waals surface area contributed by atoms with E-state index in [2.05, 4.69) is 94.1 Å². The van der Waals surface area contributed by atoms with Gasteiger partial charge in [-0.25, -0.2) is 4.98 Å². The van der Waals surface area contributed by atoms with Gasteiger partial charge in [-0.1, -0.05) is 60.7 Å². The molecular formula is C31H34N4O2. The molecule has 0 amide bonds. The SMILES string of the molecule is CCOC/C=C/c1ccc(-c2nc(-c3ccc(NC)cc3)c(-c3ccc(N4CCOCC4)cc3)[nH]2)cc1. The molecule has 1 aliphatic heterocycles. The van der Waals surface area contributed by atoms with Crippen LogP contribution >= 0.6 is 0 Å². The van der Waals surface area contributed by atoms with Gasteiger partial charge in [0.05, 0.1) is 31.2 Å². The van der Waals surface area contributed by atoms with Crippen molar-refractivity contribution >= 4 is 17.5 Å². The summed E-state index contributed by atoms with van der Waals surface area (Å²) in [5, 5.41) is 3.19. The van der Waals surface area contributed by atoms with Gasteiger partial charge in [-0.15, -0.1) is 0 Å². The Kier molecular flexibility index (Phi) is 7.99. The van der Waals surface area contributed by atoms with Gasteiger partial charge in [-0.2, -0.15) is 0 Å². The van der Waals surface area contributed by atoms with Gasteiger partial charge in [0.15, 0.2) is 0 Å². The van der Waals surface area contributed by atoms with E-state index in [-0.39, 0.29) is 0 Å². The number of hydrogen-bond donors (Lipinski definition) is 2. The topological polar surface area (TPSA) is 62.4 Å². The van der Waals surface area contributed by atoms with Gasteiger partial charge in [0, 0.05) is 54.8 Å². The molecule has 0 saturated carbocycles. The molecule has 1 saturated heterocycles. The van der Waals surface area contributed by atoms with Crippen molar-refractivity contribution in [2.24, 2.45) is 0 Å². The summed E-state index contributed by atoms with van der Waals surface area (Å²) in [4.78, 5) is 11.1. The van der Waals surface area contributed by atoms with Gasteiger partial charge in [0.2, 0.25) is 0 Å². The highest BCUT2D eigenvalue weighted by Gasteiger charge is 2.17. The van der Waals surface area contributed by atoms with E-state index in [1.807, 2.05) is 20.0 Å². The van der Waals surface area contributed by atoms with Crippen LogP contribution in [0.5, 0.6) is 0 Å². The fourth-order valence-corrected chi connectivity index (χ4v) is 4.51. The summed E-state index contributed by atoms with van der Waals surface area (Å²) < 4.78 is 10.9. The second-order valence-electron chi connectivity index (χ2n) is 8.97. The number of ether oxygens (including phenoxy) is 2. The lowest BCUT2D eigenvalue weighted by Gasteiger charge is -2.28. The molecule has 0 spiro atoms. The van der Waals surface area contributed by atoms with Crippen LogP contribution in [-0.2, 0) is 9.47 Å². The number of nitrogens with one attached hydrogen (secondary N) is 2. The molecular weight excluding hydrogens is 460 g/mol. The average molecular weight is 495 g/mol. The predicted octanol–water partition coefficient (Wildman–Crippen LogP) is 6.34. The molecule has 0 atom stereocenters. The van der Waals surface area contributed by atoms with E-state index < -0.39 is 0 Å². The third-order valence-corrected chi connectivity index (χ3v) is 6.60. The molecule has 0 radical (unpaired) electrons. The van der Waals surface area contributed by atoms with Crippen LogP contribution in [0.1, 0.15) is 12.5 Å². The van der Waals surface area contributed by atoms with E-state index in [9.17, 15) is 0 Å². The number of morpholine rings is 1. The van der Waals surface area contributed by atoms with Crippen molar-refractivity contribution < 1.29 is 9.47 Å². The number of imidazole rings is 1. The molecule has 0 unspecified atom stereocenters. The van der Waals surface area contributed by atoms with E-state index in [4.69, 9.17) is 14.5 Å². The second kappa shape index (κ2) is 11.9. The summed E-state index contributed by atoms with van der Waals surface area (Å²) >= 11 is 0. The van der Waals surface area contributed by atoms with E-state index in [1.165, 1.54) is 5.69 Å². The van der Waals surface area contributed by atoms with Crippen LogP contribution in [0.3, 0.4) is 0 Å². The maximum absolute atomic E-state index is 5.51. The zero-order valence-corrected chi connectivity index (χ0v) is 21.5. The molecule has 0 aliphatic carbocycles. The predicted molar refractivity (Wildman–Crippen MR) is 153 cm³/mol. The number of rotatable bonds is 9. The van der Waals surface area contributed by atoms with Crippen molar-refractivity contribution in [2.45, 2.75) is 6.92 Å². The number of aromatic nitrogens is 2. The Morgan fingerprint density at radius 1 is 0.919 bits per heavy atom. The van der Waals surface area contributed by atoms with Crippen LogP contribution in [0.15, 0.2) is 78.9 Å². The van der Waals surface area contributed by atoms with Crippen molar-refractivity contribution in [3.05, 3.63) is 84.4 Å². The summed E-state index contributed by atoms with van der Waals surface area (Å²) in [6, 6.07) is 25.6. The molecule has 0 bridgehead atoms. The molecule has 4 aromatic rings. The molecule has 5 rings (SSSR count). The van der Waals surface area contributed by atoms with Crippen molar-refractivity contribution in [1.82, 2.24) is 9.97 Å². The molecule has 1 aliphatic rings. The monoisotopic (exact) mass is 494 g/mol. The van der Waals surface area contributed by atoms with E-state index in [0.29, 0.717) is 6.61 Å². The van der Waals surface area contributed by atoms with Crippen molar-refractivity contribution in [1.29, 1.82) is 0 Å². The molecule has 190 valence electrons. The third-order valence-electron chi connectivity index (χ3n) is 6.60. The maximum Gasteiger partial charge on any atom is 0.138 e. The van der Waals surface area contributed by atoms with E-state index in [0.717, 1.165) is 78.1 Å². The summed E-state index contributed by atoms with van der Waals surface area (Å²) in [7, 11) is 1.93. The Morgan fingerprint density at radius 3 is 2.27 bits per heavy atom. The van der Waals surface area contributed by atoms with Crippen LogP contribution in [0.4, 0.5) is 11.4 Å². The lowest BCUT2D eigenvalue weighted by molar-refractivity contribution is 0.122. The number of H-pyrrole nitrogens is 1. The normalized spacial score (nSPS) is 13.8. The Balaban J connectivity index is 1.47. The van der Waals surface area contributed by atoms with Crippen molar-refractivity contribution in [2.75, 3.05) is 56.8 Å². The summed E-state index contributed by atoms with van der Waals surface area (Å²) in [6.45, 7) is 6.75. The minimum atomic E-state index is 0.625. The number of nitrogens with zero attached hydrogens (tertiary/aromatic N) is 2. The Labute approximate surface area is 219 Å². The number of benzene rings is 3. The zero-order valence-electron chi connectivity index (χ0n) is 21.5. The van der Waals surface area contributed by atoms with Crippen LogP contribution in [-0.4, -0.2) is 56.5 Å². The number of anilines is 2. The van der Waals surface area contributed by atoms with Crippen LogP contribution in [0, 0.1) is 0 Å². The van der Waals surface area contributed by atoms with Crippen LogP contribution in [0.25, 0.3) is 40.0 Å². The molecule has 6 heteroatoms. The summed E-state index contributed by atoms with van der Waals surface area (Å²) in [6.07, 6.45) is 4.12. The molecule has 2 heterocycles. The summed E-state index contributed by atoms with van der Waals surface area (Å²) in [5.41, 5.74) is 8.62. The smallest absolute Gasteiger partial charge is 0.138 e. The third kappa shape index (κ3) is 5.93. The molecule has 1 aromatic heterocycles. The first-order valence-corrected chi connectivity index (χ1v) is 12.9. The maximum atomic E-state index is 5.51. The highest BCUT2D eigenvalue weighted by atomic mass is 16.5. The average Bonchev–Trinajstić information content (AvgIpc) is 3.42. The van der Waals surface area contributed by atoms with Gasteiger partial charge in [0.25, 0.3) is 0 Å². The minimum Gasteiger partial charge on any atom is -0.388 e. The molecule has 6 nitrogen and oxygen atoms in total. The highest BCUT2D eigenvalue weighted by molar-refractivity contribution is 5.82. The molecule has 2 N–H and O–H groups in total. The van der Waals surface area contributed by atoms with Crippen LogP contribution < -0.4 is 10.2 Å². The fourth-order valence-electron chi connectivity index (χ4n) is 4.51. The van der Waals surface area contributed by atoms with Crippen LogP contribution in [0.2, 0.25) is 0 Å². The van der Waals surface area contributed by atoms with Crippen molar-refractivity contribution in [3.63, 3.8) is 0 Å². The highest BCUT2D eigenvalue weighted by Crippen LogP contribution is 2.34. The van der Waals surface area contributed by atoms with Gasteiger partial charge >= 0.3 is 0 Å². The Bertz CT molecular complexity index is 1300. The Hall–Kier alpha value is -3.87. The standard InChI is InChI=1S/C31H34N4O2/c1-3-36-20-4-5-23-6-8-26(9-7-23)31-33-29(24-10-14-27(32-2)15-11-24)30(34-31)25-12-16-28(17-13-25)35-18-21-37-22-19-35/h4-17,32H,3,18-22H2,1-2H3,(H,33,34)/b5-4+. The largest absolute Gasteiger partial charge is 0.388 e. The van der Waals surface area contributed by atoms with Gasteiger partial charge in [-0.05, 0) is 36.8 Å². The molecule has 37 heavy (non-hydrogen) atoms. The zero-order chi connectivity index (χ0) is 25.5. The fraction of sp³-hybridized carbons (Fsp3) is 0.258. The first-order chi connectivity index (χ1) is 18.2. The number of hydrogen-bond acceptors (Lipinski definition) is 5. The lowest BCUT2D eigenvalue weighted by Crippen LogP contribution is -2.36. The van der Waals surface area contributed by atoms with Gasteiger partial charge in [-0.3, -0.25) is 0 Å². The quantitative estimate of drug-likeness (QED) is 0.266. The minimum absolute atomic E-state index is 0.625. The second-order valence-corrected chi connectivity index (χ2v) is 8.97.